The molecule has 0 aromatic heterocycles. The number of ether oxygens (including phenoxy) is 2. The van der Waals surface area contributed by atoms with E-state index in [0.29, 0.717) is 17.7 Å². The molecule has 0 amide bonds. The number of nitro groups is 1. The largest absolute Gasteiger partial charge is 0.497 e. The minimum absolute atomic E-state index is 0.0250. The van der Waals surface area contributed by atoms with Gasteiger partial charge >= 0.3 is 0 Å². The van der Waals surface area contributed by atoms with Gasteiger partial charge < -0.3 is 15.2 Å². The second-order valence-electron chi connectivity index (χ2n) is 6.65. The molecule has 2 N–H and O–H groups in total. The summed E-state index contributed by atoms with van der Waals surface area (Å²) in [5.74, 6) is 0.942. The number of non-ortho nitro benzene ring substituents is 1. The van der Waals surface area contributed by atoms with Gasteiger partial charge in [-0.2, -0.15) is 5.26 Å². The van der Waals surface area contributed by atoms with Gasteiger partial charge in [-0.05, 0) is 47.7 Å². The maximum atomic E-state index is 11.2. The van der Waals surface area contributed by atoms with Crippen molar-refractivity contribution in [3.8, 4) is 11.8 Å². The number of allylic oxidation sites excluding steroid dienone is 2. The Morgan fingerprint density at radius 2 is 2.11 bits per heavy atom. The molecule has 0 spiro atoms. The first-order valence-corrected chi connectivity index (χ1v) is 8.75. The van der Waals surface area contributed by atoms with E-state index in [1.807, 2.05) is 18.2 Å². The molecule has 140 valence electrons. The third-order valence-electron chi connectivity index (χ3n) is 5.16. The summed E-state index contributed by atoms with van der Waals surface area (Å²) >= 11 is 0. The number of fused-ring (bicyclic) bond motifs is 2. The average molecular weight is 375 g/mol. The lowest BCUT2D eigenvalue weighted by Gasteiger charge is -2.33. The lowest BCUT2D eigenvalue weighted by molar-refractivity contribution is -0.384. The Kier molecular flexibility index (Phi) is 4.24. The number of nitro benzene ring substituents is 1. The normalized spacial score (nSPS) is 17.9. The van der Waals surface area contributed by atoms with Gasteiger partial charge in [0.15, 0.2) is 0 Å². The van der Waals surface area contributed by atoms with Crippen LogP contribution in [-0.2, 0) is 11.2 Å². The fourth-order valence-corrected chi connectivity index (χ4v) is 3.86. The third kappa shape index (κ3) is 2.76. The molecule has 4 rings (SSSR count). The van der Waals surface area contributed by atoms with E-state index in [2.05, 4.69) is 6.07 Å². The van der Waals surface area contributed by atoms with Crippen LogP contribution in [0.4, 0.5) is 5.69 Å². The van der Waals surface area contributed by atoms with E-state index in [4.69, 9.17) is 15.2 Å². The zero-order chi connectivity index (χ0) is 19.8. The summed E-state index contributed by atoms with van der Waals surface area (Å²) in [7, 11) is 1.62. The molecule has 0 fully saturated rings. The zero-order valence-electron chi connectivity index (χ0n) is 15.1. The monoisotopic (exact) mass is 375 g/mol. The molecule has 1 aliphatic carbocycles. The van der Waals surface area contributed by atoms with Gasteiger partial charge in [0.2, 0.25) is 5.88 Å². The van der Waals surface area contributed by atoms with E-state index in [1.54, 1.807) is 19.2 Å². The number of benzene rings is 2. The van der Waals surface area contributed by atoms with Crippen LogP contribution in [0.15, 0.2) is 59.5 Å². The highest BCUT2D eigenvalue weighted by Gasteiger charge is 2.36. The highest BCUT2D eigenvalue weighted by atomic mass is 16.6. The molecule has 1 heterocycles. The van der Waals surface area contributed by atoms with Crippen molar-refractivity contribution in [2.75, 3.05) is 7.11 Å². The summed E-state index contributed by atoms with van der Waals surface area (Å²) in [6, 6.07) is 14.2. The van der Waals surface area contributed by atoms with Crippen LogP contribution in [0, 0.1) is 21.4 Å². The van der Waals surface area contributed by atoms with Crippen LogP contribution in [0.3, 0.4) is 0 Å². The Balaban J connectivity index is 1.89. The second kappa shape index (κ2) is 6.74. The van der Waals surface area contributed by atoms with Crippen molar-refractivity contribution in [1.82, 2.24) is 0 Å². The molecule has 1 atom stereocenters. The lowest BCUT2D eigenvalue weighted by Crippen LogP contribution is -2.23. The summed E-state index contributed by atoms with van der Waals surface area (Å²) in [6.45, 7) is 0. The molecule has 7 nitrogen and oxygen atoms in total. The Hall–Kier alpha value is -3.79. The number of aryl methyl sites for hydroxylation is 1. The number of nitriles is 1. The number of rotatable bonds is 3. The molecule has 0 radical (unpaired) electrons. The molecule has 2 aliphatic rings. The van der Waals surface area contributed by atoms with Gasteiger partial charge in [0, 0.05) is 23.6 Å². The van der Waals surface area contributed by atoms with E-state index < -0.39 is 10.8 Å². The Labute approximate surface area is 161 Å². The number of hydrogen-bond acceptors (Lipinski definition) is 6. The van der Waals surface area contributed by atoms with Crippen LogP contribution >= 0.6 is 0 Å². The fraction of sp³-hybridized carbons (Fsp3) is 0.190. The van der Waals surface area contributed by atoms with Crippen molar-refractivity contribution >= 4 is 11.4 Å². The van der Waals surface area contributed by atoms with Crippen molar-refractivity contribution in [3.63, 3.8) is 0 Å². The van der Waals surface area contributed by atoms with Gasteiger partial charge in [0.25, 0.3) is 5.69 Å². The highest BCUT2D eigenvalue weighted by Crippen LogP contribution is 2.47. The van der Waals surface area contributed by atoms with E-state index in [1.165, 1.54) is 12.1 Å². The summed E-state index contributed by atoms with van der Waals surface area (Å²) in [5, 5.41) is 20.9. The molecule has 0 saturated heterocycles. The molecule has 1 aliphatic heterocycles. The van der Waals surface area contributed by atoms with Gasteiger partial charge in [-0.25, -0.2) is 0 Å². The molecule has 28 heavy (non-hydrogen) atoms. The Morgan fingerprint density at radius 1 is 1.29 bits per heavy atom. The number of hydrogen-bond donors (Lipinski definition) is 1. The van der Waals surface area contributed by atoms with Crippen LogP contribution in [-0.4, -0.2) is 12.0 Å². The van der Waals surface area contributed by atoms with Crippen LogP contribution in [0.2, 0.25) is 0 Å². The Morgan fingerprint density at radius 3 is 2.82 bits per heavy atom. The molecule has 0 bridgehead atoms. The SMILES string of the molecule is COc1ccc2c(c1)CCC1=C2OC(N)=C(C#N)C1c1cccc([N+](=O)[O-])c1. The van der Waals surface area contributed by atoms with Gasteiger partial charge in [0.1, 0.15) is 23.2 Å². The quantitative estimate of drug-likeness (QED) is 0.646. The van der Waals surface area contributed by atoms with E-state index in [-0.39, 0.29) is 17.1 Å². The molecular weight excluding hydrogens is 358 g/mol. The lowest BCUT2D eigenvalue weighted by atomic mass is 9.76. The smallest absolute Gasteiger partial charge is 0.269 e. The van der Waals surface area contributed by atoms with Crippen LogP contribution in [0.1, 0.15) is 29.0 Å². The molecule has 2 aromatic carbocycles. The summed E-state index contributed by atoms with van der Waals surface area (Å²) in [5.41, 5.74) is 9.86. The van der Waals surface area contributed by atoms with Crippen molar-refractivity contribution in [2.24, 2.45) is 5.73 Å². The van der Waals surface area contributed by atoms with Crippen LogP contribution < -0.4 is 10.5 Å². The fourth-order valence-electron chi connectivity index (χ4n) is 3.86. The van der Waals surface area contributed by atoms with Gasteiger partial charge in [0.05, 0.1) is 12.0 Å². The van der Waals surface area contributed by atoms with Crippen LogP contribution in [0.25, 0.3) is 5.76 Å². The third-order valence-corrected chi connectivity index (χ3v) is 5.16. The summed E-state index contributed by atoms with van der Waals surface area (Å²) in [4.78, 5) is 10.8. The van der Waals surface area contributed by atoms with Gasteiger partial charge in [-0.1, -0.05) is 12.1 Å². The molecule has 0 saturated carbocycles. The van der Waals surface area contributed by atoms with Gasteiger partial charge in [-0.15, -0.1) is 0 Å². The molecule has 1 unspecified atom stereocenters. The molecule has 7 heteroatoms. The summed E-state index contributed by atoms with van der Waals surface area (Å²) < 4.78 is 11.2. The average Bonchev–Trinajstić information content (AvgIpc) is 2.72. The predicted molar refractivity (Wildman–Crippen MR) is 102 cm³/mol. The van der Waals surface area contributed by atoms with Gasteiger partial charge in [-0.3, -0.25) is 10.1 Å². The van der Waals surface area contributed by atoms with Crippen LogP contribution in [0.5, 0.6) is 5.75 Å². The van der Waals surface area contributed by atoms with E-state index >= 15 is 0 Å². The zero-order valence-corrected chi connectivity index (χ0v) is 15.1. The van der Waals surface area contributed by atoms with Crippen molar-refractivity contribution in [3.05, 3.63) is 86.3 Å². The first-order valence-electron chi connectivity index (χ1n) is 8.75. The maximum Gasteiger partial charge on any atom is 0.269 e. The van der Waals surface area contributed by atoms with E-state index in [0.717, 1.165) is 28.9 Å². The predicted octanol–water partition coefficient (Wildman–Crippen LogP) is 3.77. The number of nitrogens with zero attached hydrogens (tertiary/aromatic N) is 2. The molecule has 2 aromatic rings. The number of methoxy groups -OCH3 is 1. The topological polar surface area (TPSA) is 111 Å². The van der Waals surface area contributed by atoms with E-state index in [9.17, 15) is 15.4 Å². The summed E-state index contributed by atoms with van der Waals surface area (Å²) in [6.07, 6.45) is 1.40. The first-order chi connectivity index (χ1) is 13.5. The highest BCUT2D eigenvalue weighted by molar-refractivity contribution is 5.74. The second-order valence-corrected chi connectivity index (χ2v) is 6.65. The van der Waals surface area contributed by atoms with Crippen molar-refractivity contribution in [2.45, 2.75) is 18.8 Å². The Bertz CT molecular complexity index is 1100. The molecular formula is C21H17N3O4. The minimum atomic E-state index is -0.469. The van der Waals surface area contributed by atoms with Crippen molar-refractivity contribution in [1.29, 1.82) is 5.26 Å². The standard InChI is InChI=1S/C21H17N3O4/c1-27-15-6-8-16-12(10-15)5-7-17-19(18(11-22)21(23)28-20(16)17)13-3-2-4-14(9-13)24(25)26/h2-4,6,8-10,19H,5,7,23H2,1H3. The maximum absolute atomic E-state index is 11.2. The number of nitrogens with two attached hydrogens (primary N) is 1. The first kappa shape index (κ1) is 17.6. The van der Waals surface area contributed by atoms with Crippen molar-refractivity contribution < 1.29 is 14.4 Å². The minimum Gasteiger partial charge on any atom is -0.497 e.